The number of amides is 1. The van der Waals surface area contributed by atoms with Gasteiger partial charge in [-0.3, -0.25) is 14.9 Å². The van der Waals surface area contributed by atoms with Crippen LogP contribution in [0.15, 0.2) is 29.7 Å². The molecule has 7 heteroatoms. The predicted molar refractivity (Wildman–Crippen MR) is 82.3 cm³/mol. The number of aromatic nitrogens is 1. The Morgan fingerprint density at radius 1 is 1.43 bits per heavy atom. The van der Waals surface area contributed by atoms with Crippen molar-refractivity contribution in [3.05, 3.63) is 56.0 Å². The molecule has 1 aromatic carbocycles. The smallest absolute Gasteiger partial charge is 0.274 e. The third-order valence-electron chi connectivity index (χ3n) is 2.72. The van der Waals surface area contributed by atoms with Crippen LogP contribution in [0.1, 0.15) is 16.3 Å². The number of nitro benzene ring substituents is 1. The summed E-state index contributed by atoms with van der Waals surface area (Å²) in [6.45, 7) is 3.53. The number of carbonyl (C=O) groups excluding carboxylic acids is 1. The first-order chi connectivity index (χ1) is 9.95. The van der Waals surface area contributed by atoms with Crippen molar-refractivity contribution in [2.24, 2.45) is 0 Å². The van der Waals surface area contributed by atoms with E-state index < -0.39 is 4.92 Å². The van der Waals surface area contributed by atoms with Crippen LogP contribution < -0.4 is 5.32 Å². The van der Waals surface area contributed by atoms with E-state index >= 15 is 0 Å². The molecule has 1 heterocycles. The summed E-state index contributed by atoms with van der Waals surface area (Å²) in [5.41, 5.74) is 1.62. The minimum Gasteiger partial charge on any atom is -0.322 e. The molecule has 2 rings (SSSR count). The SMILES string of the molecule is Cc1nc(/C=C/C(=O)Nc2ccc(C)c([N+](=O)[O-])c2)cs1. The van der Waals surface area contributed by atoms with Crippen molar-refractivity contribution >= 4 is 34.7 Å². The molecule has 0 aliphatic rings. The van der Waals surface area contributed by atoms with Gasteiger partial charge in [0.05, 0.1) is 15.6 Å². The molecule has 0 atom stereocenters. The first kappa shape index (κ1) is 14.9. The van der Waals surface area contributed by atoms with Crippen LogP contribution in [-0.4, -0.2) is 15.8 Å². The summed E-state index contributed by atoms with van der Waals surface area (Å²) in [6, 6.07) is 4.57. The molecule has 0 spiro atoms. The van der Waals surface area contributed by atoms with Gasteiger partial charge in [0.25, 0.3) is 5.69 Å². The fraction of sp³-hybridized carbons (Fsp3) is 0.143. The first-order valence-corrected chi connectivity index (χ1v) is 7.00. The van der Waals surface area contributed by atoms with Gasteiger partial charge in [-0.05, 0) is 26.0 Å². The normalized spacial score (nSPS) is 10.8. The molecule has 108 valence electrons. The van der Waals surface area contributed by atoms with Gasteiger partial charge >= 0.3 is 0 Å². The lowest BCUT2D eigenvalue weighted by Crippen LogP contribution is -2.08. The van der Waals surface area contributed by atoms with Crippen LogP contribution in [0.2, 0.25) is 0 Å². The number of hydrogen-bond acceptors (Lipinski definition) is 5. The number of carbonyl (C=O) groups is 1. The maximum absolute atomic E-state index is 11.8. The fourth-order valence-electron chi connectivity index (χ4n) is 1.69. The van der Waals surface area contributed by atoms with Gasteiger partial charge in [-0.2, -0.15) is 0 Å². The van der Waals surface area contributed by atoms with Crippen molar-refractivity contribution in [2.75, 3.05) is 5.32 Å². The van der Waals surface area contributed by atoms with Crippen LogP contribution >= 0.6 is 11.3 Å². The Balaban J connectivity index is 2.07. The molecule has 0 saturated heterocycles. The fourth-order valence-corrected chi connectivity index (χ4v) is 2.27. The lowest BCUT2D eigenvalue weighted by atomic mass is 10.2. The predicted octanol–water partition coefficient (Wildman–Crippen LogP) is 3.32. The van der Waals surface area contributed by atoms with Crippen molar-refractivity contribution in [2.45, 2.75) is 13.8 Å². The average molecular weight is 303 g/mol. The van der Waals surface area contributed by atoms with Crippen LogP contribution in [0.25, 0.3) is 6.08 Å². The Labute approximate surface area is 125 Å². The minimum atomic E-state index is -0.473. The quantitative estimate of drug-likeness (QED) is 0.533. The molecule has 6 nitrogen and oxygen atoms in total. The van der Waals surface area contributed by atoms with Crippen molar-refractivity contribution in [3.63, 3.8) is 0 Å². The topological polar surface area (TPSA) is 85.1 Å². The lowest BCUT2D eigenvalue weighted by molar-refractivity contribution is -0.385. The van der Waals surface area contributed by atoms with E-state index in [-0.39, 0.29) is 11.6 Å². The van der Waals surface area contributed by atoms with Crippen LogP contribution in [0, 0.1) is 24.0 Å². The second kappa shape index (κ2) is 6.27. The van der Waals surface area contributed by atoms with E-state index in [4.69, 9.17) is 0 Å². The summed E-state index contributed by atoms with van der Waals surface area (Å²) in [7, 11) is 0. The lowest BCUT2D eigenvalue weighted by Gasteiger charge is -2.03. The van der Waals surface area contributed by atoms with Crippen LogP contribution in [0.4, 0.5) is 11.4 Å². The number of nitrogens with one attached hydrogen (secondary N) is 1. The highest BCUT2D eigenvalue weighted by atomic mass is 32.1. The summed E-state index contributed by atoms with van der Waals surface area (Å²) in [4.78, 5) is 26.3. The number of hydrogen-bond donors (Lipinski definition) is 1. The van der Waals surface area contributed by atoms with E-state index in [0.29, 0.717) is 16.9 Å². The Morgan fingerprint density at radius 3 is 2.81 bits per heavy atom. The summed E-state index contributed by atoms with van der Waals surface area (Å²) < 4.78 is 0. The summed E-state index contributed by atoms with van der Waals surface area (Å²) in [5, 5.41) is 16.2. The Kier molecular flexibility index (Phi) is 4.44. The van der Waals surface area contributed by atoms with Gasteiger partial charge in [-0.25, -0.2) is 4.98 Å². The zero-order valence-electron chi connectivity index (χ0n) is 11.5. The van der Waals surface area contributed by atoms with E-state index in [1.807, 2.05) is 12.3 Å². The highest BCUT2D eigenvalue weighted by molar-refractivity contribution is 7.09. The molecule has 0 aliphatic heterocycles. The van der Waals surface area contributed by atoms with E-state index in [1.54, 1.807) is 25.1 Å². The standard InChI is InChI=1S/C14H13N3O3S/c1-9-3-4-11(7-13(9)17(19)20)16-14(18)6-5-12-8-21-10(2)15-12/h3-8H,1-2H3,(H,16,18)/b6-5+. The van der Waals surface area contributed by atoms with Gasteiger partial charge < -0.3 is 5.32 Å². The summed E-state index contributed by atoms with van der Waals surface area (Å²) >= 11 is 1.50. The maximum Gasteiger partial charge on any atom is 0.274 e. The maximum atomic E-state index is 11.8. The van der Waals surface area contributed by atoms with Crippen molar-refractivity contribution in [1.29, 1.82) is 0 Å². The molecule has 0 fully saturated rings. The Morgan fingerprint density at radius 2 is 2.19 bits per heavy atom. The first-order valence-electron chi connectivity index (χ1n) is 6.12. The van der Waals surface area contributed by atoms with E-state index in [1.165, 1.54) is 23.5 Å². The molecule has 1 aromatic heterocycles. The molecule has 0 aliphatic carbocycles. The van der Waals surface area contributed by atoms with E-state index in [2.05, 4.69) is 10.3 Å². The van der Waals surface area contributed by atoms with Crippen LogP contribution in [-0.2, 0) is 4.79 Å². The Hall–Kier alpha value is -2.54. The summed E-state index contributed by atoms with van der Waals surface area (Å²) in [6.07, 6.45) is 2.95. The molecule has 0 saturated carbocycles. The van der Waals surface area contributed by atoms with Gasteiger partial charge in [0.2, 0.25) is 5.91 Å². The number of thiazole rings is 1. The molecule has 1 N–H and O–H groups in total. The second-order valence-electron chi connectivity index (χ2n) is 4.37. The molecule has 2 aromatic rings. The minimum absolute atomic E-state index is 0.0214. The zero-order chi connectivity index (χ0) is 15.4. The molecule has 1 amide bonds. The Bertz CT molecular complexity index is 722. The van der Waals surface area contributed by atoms with Crippen molar-refractivity contribution < 1.29 is 9.72 Å². The number of nitrogens with zero attached hydrogens (tertiary/aromatic N) is 2. The molecule has 0 bridgehead atoms. The second-order valence-corrected chi connectivity index (χ2v) is 5.43. The third-order valence-corrected chi connectivity index (χ3v) is 3.51. The highest BCUT2D eigenvalue weighted by Gasteiger charge is 2.11. The highest BCUT2D eigenvalue weighted by Crippen LogP contribution is 2.22. The third kappa shape index (κ3) is 3.96. The average Bonchev–Trinajstić information content (AvgIpc) is 2.84. The van der Waals surface area contributed by atoms with Gasteiger partial charge in [0.15, 0.2) is 0 Å². The van der Waals surface area contributed by atoms with Crippen LogP contribution in [0.3, 0.4) is 0 Å². The van der Waals surface area contributed by atoms with Gasteiger partial charge in [0.1, 0.15) is 0 Å². The zero-order valence-corrected chi connectivity index (χ0v) is 12.3. The molecular weight excluding hydrogens is 290 g/mol. The van der Waals surface area contributed by atoms with E-state index in [9.17, 15) is 14.9 Å². The number of rotatable bonds is 4. The van der Waals surface area contributed by atoms with Crippen molar-refractivity contribution in [3.8, 4) is 0 Å². The van der Waals surface area contributed by atoms with Gasteiger partial charge in [0, 0.05) is 28.8 Å². The van der Waals surface area contributed by atoms with Crippen LogP contribution in [0.5, 0.6) is 0 Å². The van der Waals surface area contributed by atoms with Crippen molar-refractivity contribution in [1.82, 2.24) is 4.98 Å². The number of nitro groups is 1. The monoisotopic (exact) mass is 303 g/mol. The number of benzene rings is 1. The summed E-state index contributed by atoms with van der Waals surface area (Å²) in [5.74, 6) is -0.362. The van der Waals surface area contributed by atoms with Gasteiger partial charge in [-0.1, -0.05) is 6.07 Å². The largest absolute Gasteiger partial charge is 0.322 e. The van der Waals surface area contributed by atoms with Gasteiger partial charge in [-0.15, -0.1) is 11.3 Å². The number of anilines is 1. The number of aryl methyl sites for hydroxylation is 2. The molecule has 0 radical (unpaired) electrons. The van der Waals surface area contributed by atoms with E-state index in [0.717, 1.165) is 5.01 Å². The molecule has 21 heavy (non-hydrogen) atoms. The molecular formula is C14H13N3O3S. The molecule has 0 unspecified atom stereocenters.